The van der Waals surface area contributed by atoms with Gasteiger partial charge in [-0.15, -0.1) is 24.8 Å². The minimum atomic E-state index is -2.86. The molecule has 0 spiro atoms. The third-order valence-corrected chi connectivity index (χ3v) is 3.21. The summed E-state index contributed by atoms with van der Waals surface area (Å²) in [7, 11) is 0. The Balaban J connectivity index is 0.00000200. The van der Waals surface area contributed by atoms with Crippen LogP contribution in [0.4, 0.5) is 13.2 Å². The lowest BCUT2D eigenvalue weighted by Crippen LogP contribution is -2.45. The Morgan fingerprint density at radius 3 is 2.43 bits per heavy atom. The molecule has 0 aromatic heterocycles. The zero-order valence-corrected chi connectivity index (χ0v) is 12.9. The fourth-order valence-electron chi connectivity index (χ4n) is 2.29. The van der Waals surface area contributed by atoms with Crippen molar-refractivity contribution in [3.05, 3.63) is 29.8 Å². The first-order chi connectivity index (χ1) is 9.20. The normalized spacial score (nSPS) is 16.8. The summed E-state index contributed by atoms with van der Waals surface area (Å²) in [6.07, 6.45) is 0. The Morgan fingerprint density at radius 2 is 1.86 bits per heavy atom. The SMILES string of the molecule is Cl.Cl.FC[C@H](c1cccc(OC(F)F)c1)N1CCNCC1. The van der Waals surface area contributed by atoms with Gasteiger partial charge >= 0.3 is 6.61 Å². The summed E-state index contributed by atoms with van der Waals surface area (Å²) in [5, 5.41) is 3.19. The molecule has 2 rings (SSSR count). The molecule has 122 valence electrons. The molecule has 1 aliphatic rings. The fourth-order valence-corrected chi connectivity index (χ4v) is 2.29. The van der Waals surface area contributed by atoms with E-state index in [1.54, 1.807) is 12.1 Å². The Morgan fingerprint density at radius 1 is 1.19 bits per heavy atom. The highest BCUT2D eigenvalue weighted by molar-refractivity contribution is 5.85. The molecule has 1 aliphatic heterocycles. The third-order valence-electron chi connectivity index (χ3n) is 3.21. The molecule has 0 bridgehead atoms. The number of nitrogens with one attached hydrogen (secondary N) is 1. The van der Waals surface area contributed by atoms with Crippen LogP contribution < -0.4 is 10.1 Å². The lowest BCUT2D eigenvalue weighted by molar-refractivity contribution is -0.0499. The van der Waals surface area contributed by atoms with Gasteiger partial charge in [0.2, 0.25) is 0 Å². The summed E-state index contributed by atoms with van der Waals surface area (Å²) >= 11 is 0. The predicted molar refractivity (Wildman–Crippen MR) is 80.7 cm³/mol. The van der Waals surface area contributed by atoms with Crippen LogP contribution in [0.2, 0.25) is 0 Å². The van der Waals surface area contributed by atoms with Gasteiger partial charge in [0.25, 0.3) is 0 Å². The number of hydrogen-bond acceptors (Lipinski definition) is 3. The smallest absolute Gasteiger partial charge is 0.387 e. The van der Waals surface area contributed by atoms with Crippen molar-refractivity contribution in [3.8, 4) is 5.75 Å². The molecule has 1 aromatic carbocycles. The zero-order chi connectivity index (χ0) is 13.7. The largest absolute Gasteiger partial charge is 0.435 e. The standard InChI is InChI=1S/C13H17F3N2O.2ClH/c14-9-12(18-6-4-17-5-7-18)10-2-1-3-11(8-10)19-13(15)16;;/h1-3,8,12-13,17H,4-7,9H2;2*1H/t12-;;/m1../s1. The first-order valence-corrected chi connectivity index (χ1v) is 6.26. The second-order valence-corrected chi connectivity index (χ2v) is 4.41. The van der Waals surface area contributed by atoms with E-state index in [2.05, 4.69) is 10.1 Å². The van der Waals surface area contributed by atoms with E-state index >= 15 is 0 Å². The van der Waals surface area contributed by atoms with E-state index in [9.17, 15) is 13.2 Å². The van der Waals surface area contributed by atoms with Gasteiger partial charge in [0.05, 0.1) is 6.04 Å². The van der Waals surface area contributed by atoms with Gasteiger partial charge in [0.1, 0.15) is 12.4 Å². The number of piperazine rings is 1. The minimum absolute atomic E-state index is 0. The summed E-state index contributed by atoms with van der Waals surface area (Å²) in [6.45, 7) is -0.299. The van der Waals surface area contributed by atoms with E-state index < -0.39 is 19.3 Å². The number of rotatable bonds is 5. The molecule has 1 aromatic rings. The van der Waals surface area contributed by atoms with Crippen LogP contribution >= 0.6 is 24.8 Å². The molecule has 8 heteroatoms. The van der Waals surface area contributed by atoms with Crippen molar-refractivity contribution in [2.75, 3.05) is 32.9 Å². The Kier molecular flexibility index (Phi) is 9.77. The monoisotopic (exact) mass is 346 g/mol. The number of benzene rings is 1. The van der Waals surface area contributed by atoms with Gasteiger partial charge < -0.3 is 10.1 Å². The molecule has 0 saturated carbocycles. The Hall–Kier alpha value is -0.690. The first kappa shape index (κ1) is 20.3. The molecule has 1 fully saturated rings. The van der Waals surface area contributed by atoms with Crippen molar-refractivity contribution in [3.63, 3.8) is 0 Å². The summed E-state index contributed by atoms with van der Waals surface area (Å²) in [5.74, 6) is 0.0704. The van der Waals surface area contributed by atoms with Gasteiger partial charge in [-0.3, -0.25) is 4.90 Å². The number of ether oxygens (including phenoxy) is 1. The van der Waals surface area contributed by atoms with Crippen molar-refractivity contribution in [1.29, 1.82) is 0 Å². The van der Waals surface area contributed by atoms with Gasteiger partial charge in [-0.2, -0.15) is 8.78 Å². The van der Waals surface area contributed by atoms with Gasteiger partial charge in [-0.25, -0.2) is 4.39 Å². The Labute approximate surface area is 134 Å². The average Bonchev–Trinajstić information content (AvgIpc) is 2.40. The van der Waals surface area contributed by atoms with E-state index in [4.69, 9.17) is 0 Å². The van der Waals surface area contributed by atoms with Crippen LogP contribution in [0.3, 0.4) is 0 Å². The van der Waals surface area contributed by atoms with Crippen molar-refractivity contribution < 1.29 is 17.9 Å². The lowest BCUT2D eigenvalue weighted by atomic mass is 10.1. The highest BCUT2D eigenvalue weighted by atomic mass is 35.5. The minimum Gasteiger partial charge on any atom is -0.435 e. The maximum Gasteiger partial charge on any atom is 0.387 e. The van der Waals surface area contributed by atoms with Crippen molar-refractivity contribution >= 4 is 24.8 Å². The molecule has 0 unspecified atom stereocenters. The molecule has 0 aliphatic carbocycles. The molecule has 0 amide bonds. The van der Waals surface area contributed by atoms with Crippen LogP contribution in [-0.2, 0) is 0 Å². The van der Waals surface area contributed by atoms with Crippen LogP contribution in [0, 0.1) is 0 Å². The fraction of sp³-hybridized carbons (Fsp3) is 0.538. The van der Waals surface area contributed by atoms with E-state index in [0.717, 1.165) is 26.2 Å². The van der Waals surface area contributed by atoms with Crippen molar-refractivity contribution in [1.82, 2.24) is 10.2 Å². The number of halogens is 5. The van der Waals surface area contributed by atoms with Crippen LogP contribution in [-0.4, -0.2) is 44.4 Å². The molecule has 21 heavy (non-hydrogen) atoms. The first-order valence-electron chi connectivity index (χ1n) is 6.26. The Bertz CT molecular complexity index is 407. The van der Waals surface area contributed by atoms with Crippen LogP contribution in [0.25, 0.3) is 0 Å². The average molecular weight is 347 g/mol. The highest BCUT2D eigenvalue weighted by Crippen LogP contribution is 2.25. The lowest BCUT2D eigenvalue weighted by Gasteiger charge is -2.33. The predicted octanol–water partition coefficient (Wildman–Crippen LogP) is 3.05. The topological polar surface area (TPSA) is 24.5 Å². The molecule has 0 radical (unpaired) electrons. The van der Waals surface area contributed by atoms with Crippen molar-refractivity contribution in [2.24, 2.45) is 0 Å². The van der Waals surface area contributed by atoms with E-state index in [-0.39, 0.29) is 30.6 Å². The van der Waals surface area contributed by atoms with Crippen LogP contribution in [0.1, 0.15) is 11.6 Å². The van der Waals surface area contributed by atoms with Crippen LogP contribution in [0.5, 0.6) is 5.75 Å². The van der Waals surface area contributed by atoms with Gasteiger partial charge in [0.15, 0.2) is 0 Å². The van der Waals surface area contributed by atoms with Gasteiger partial charge in [-0.05, 0) is 17.7 Å². The molecule has 3 nitrogen and oxygen atoms in total. The quantitative estimate of drug-likeness (QED) is 0.886. The summed E-state index contributed by atoms with van der Waals surface area (Å²) < 4.78 is 42.0. The number of hydrogen-bond donors (Lipinski definition) is 1. The van der Waals surface area contributed by atoms with Gasteiger partial charge in [0, 0.05) is 26.2 Å². The summed E-state index contributed by atoms with van der Waals surface area (Å²) in [5.41, 5.74) is 0.669. The molecular formula is C13H19Cl2F3N2O. The maximum atomic E-state index is 13.3. The van der Waals surface area contributed by atoms with E-state index in [1.165, 1.54) is 12.1 Å². The van der Waals surface area contributed by atoms with Crippen LogP contribution in [0.15, 0.2) is 24.3 Å². The van der Waals surface area contributed by atoms with Gasteiger partial charge in [-0.1, -0.05) is 12.1 Å². The van der Waals surface area contributed by atoms with E-state index in [1.807, 2.05) is 4.90 Å². The highest BCUT2D eigenvalue weighted by Gasteiger charge is 2.22. The number of nitrogens with zero attached hydrogens (tertiary/aromatic N) is 1. The third kappa shape index (κ3) is 5.90. The van der Waals surface area contributed by atoms with Crippen molar-refractivity contribution in [2.45, 2.75) is 12.7 Å². The second-order valence-electron chi connectivity index (χ2n) is 4.41. The zero-order valence-electron chi connectivity index (χ0n) is 11.3. The second kappa shape index (κ2) is 10.1. The molecule has 1 atom stereocenters. The molecule has 1 heterocycles. The summed E-state index contributed by atoms with van der Waals surface area (Å²) in [6, 6.07) is 5.88. The molecular weight excluding hydrogens is 328 g/mol. The van der Waals surface area contributed by atoms with E-state index in [0.29, 0.717) is 5.56 Å². The maximum absolute atomic E-state index is 13.3. The molecule has 1 N–H and O–H groups in total. The molecule has 1 saturated heterocycles. The number of alkyl halides is 3. The summed E-state index contributed by atoms with van der Waals surface area (Å²) in [4.78, 5) is 2.01.